The molecule has 6 heteroatoms. The third-order valence-corrected chi connectivity index (χ3v) is 5.38. The number of amides is 1. The maximum absolute atomic E-state index is 12.4. The fourth-order valence-corrected chi connectivity index (χ4v) is 3.94. The Morgan fingerprint density at radius 2 is 2.48 bits per heavy atom. The number of carbonyl (C=O) groups excluding carboxylic acids is 1. The Hall–Kier alpha value is -1.24. The van der Waals surface area contributed by atoms with Gasteiger partial charge in [0.25, 0.3) is 0 Å². The number of aromatic nitrogens is 1. The first-order chi connectivity index (χ1) is 10.2. The summed E-state index contributed by atoms with van der Waals surface area (Å²) in [5, 5.41) is 10.4. The first-order valence-corrected chi connectivity index (χ1v) is 8.86. The van der Waals surface area contributed by atoms with Gasteiger partial charge in [0.1, 0.15) is 5.01 Å². The molecule has 0 aromatic carbocycles. The predicted molar refractivity (Wildman–Crippen MR) is 84.7 cm³/mol. The van der Waals surface area contributed by atoms with Crippen molar-refractivity contribution in [1.29, 1.82) is 0 Å². The molecule has 0 aliphatic carbocycles. The summed E-state index contributed by atoms with van der Waals surface area (Å²) in [4.78, 5) is 16.9. The average molecular weight is 322 g/mol. The highest BCUT2D eigenvalue weighted by molar-refractivity contribution is 7.09. The quantitative estimate of drug-likeness (QED) is 0.921. The lowest BCUT2D eigenvalue weighted by Crippen LogP contribution is -2.35. The Bertz CT molecular complexity index is 589. The van der Waals surface area contributed by atoms with Crippen LogP contribution in [-0.2, 0) is 16.0 Å². The Kier molecular flexibility index (Phi) is 4.67. The second-order valence-corrected chi connectivity index (χ2v) is 6.95. The van der Waals surface area contributed by atoms with Crippen molar-refractivity contribution in [3.8, 4) is 0 Å². The van der Waals surface area contributed by atoms with E-state index in [9.17, 15) is 4.79 Å². The Balaban J connectivity index is 1.73. The van der Waals surface area contributed by atoms with Crippen LogP contribution < -0.4 is 5.32 Å². The standard InChI is InChI=1S/C15H18N2O2S2/c1-10-8-21-15(16-10)13(6-11-3-5-20-9-11)17-14(18)12-2-4-19-7-12/h3,5,8-9,12-13H,2,4,6-7H2,1H3,(H,17,18)/t12-,13+/m0/s1. The number of ether oxygens (including phenoxy) is 1. The normalized spacial score (nSPS) is 19.6. The predicted octanol–water partition coefficient (Wildman–Crippen LogP) is 2.95. The second-order valence-electron chi connectivity index (χ2n) is 5.28. The number of aryl methyl sites for hydroxylation is 1. The van der Waals surface area contributed by atoms with E-state index in [0.29, 0.717) is 13.2 Å². The smallest absolute Gasteiger partial charge is 0.226 e. The molecule has 1 saturated heterocycles. The largest absolute Gasteiger partial charge is 0.381 e. The molecule has 2 aromatic rings. The van der Waals surface area contributed by atoms with Crippen LogP contribution in [0, 0.1) is 12.8 Å². The van der Waals surface area contributed by atoms with Gasteiger partial charge in [0, 0.05) is 24.1 Å². The second kappa shape index (κ2) is 6.68. The monoisotopic (exact) mass is 322 g/mol. The Morgan fingerprint density at radius 3 is 3.10 bits per heavy atom. The van der Waals surface area contributed by atoms with Gasteiger partial charge < -0.3 is 10.1 Å². The van der Waals surface area contributed by atoms with Crippen LogP contribution in [0.2, 0.25) is 0 Å². The van der Waals surface area contributed by atoms with Crippen LogP contribution >= 0.6 is 22.7 Å². The molecule has 4 nitrogen and oxygen atoms in total. The number of hydrogen-bond donors (Lipinski definition) is 1. The summed E-state index contributed by atoms with van der Waals surface area (Å²) >= 11 is 3.29. The van der Waals surface area contributed by atoms with Gasteiger partial charge in [0.2, 0.25) is 5.91 Å². The first kappa shape index (κ1) is 14.7. The number of nitrogens with one attached hydrogen (secondary N) is 1. The van der Waals surface area contributed by atoms with Crippen molar-refractivity contribution in [3.05, 3.63) is 38.5 Å². The lowest BCUT2D eigenvalue weighted by molar-refractivity contribution is -0.125. The van der Waals surface area contributed by atoms with Gasteiger partial charge >= 0.3 is 0 Å². The summed E-state index contributed by atoms with van der Waals surface area (Å²) in [5.74, 6) is 0.0663. The zero-order valence-electron chi connectivity index (χ0n) is 11.9. The number of rotatable bonds is 5. The lowest BCUT2D eigenvalue weighted by Gasteiger charge is -2.18. The van der Waals surface area contributed by atoms with Gasteiger partial charge in [-0.25, -0.2) is 4.98 Å². The number of thiazole rings is 1. The summed E-state index contributed by atoms with van der Waals surface area (Å²) in [6.45, 7) is 3.20. The van der Waals surface area contributed by atoms with E-state index in [4.69, 9.17) is 4.74 Å². The molecular formula is C15H18N2O2S2. The van der Waals surface area contributed by atoms with Gasteiger partial charge in [-0.05, 0) is 35.7 Å². The molecule has 1 aliphatic rings. The number of hydrogen-bond acceptors (Lipinski definition) is 5. The fraction of sp³-hybridized carbons (Fsp3) is 0.467. The molecule has 1 fully saturated rings. The van der Waals surface area contributed by atoms with Gasteiger partial charge in [-0.1, -0.05) is 0 Å². The minimum absolute atomic E-state index is 0.0176. The zero-order valence-corrected chi connectivity index (χ0v) is 13.5. The first-order valence-electron chi connectivity index (χ1n) is 7.03. The van der Waals surface area contributed by atoms with Gasteiger partial charge in [-0.15, -0.1) is 11.3 Å². The van der Waals surface area contributed by atoms with E-state index in [1.165, 1.54) is 5.56 Å². The van der Waals surface area contributed by atoms with E-state index in [-0.39, 0.29) is 17.9 Å². The Labute approximate surface area is 132 Å². The van der Waals surface area contributed by atoms with Gasteiger partial charge in [0.05, 0.1) is 18.6 Å². The van der Waals surface area contributed by atoms with Gasteiger partial charge in [0.15, 0.2) is 0 Å². The van der Waals surface area contributed by atoms with Crippen molar-refractivity contribution in [1.82, 2.24) is 10.3 Å². The van der Waals surface area contributed by atoms with E-state index in [1.807, 2.05) is 12.3 Å². The van der Waals surface area contributed by atoms with E-state index < -0.39 is 0 Å². The van der Waals surface area contributed by atoms with Crippen LogP contribution in [0.5, 0.6) is 0 Å². The molecule has 1 aliphatic heterocycles. The molecule has 2 aromatic heterocycles. The van der Waals surface area contributed by atoms with Crippen LogP contribution in [0.1, 0.15) is 28.7 Å². The van der Waals surface area contributed by atoms with Gasteiger partial charge in [-0.2, -0.15) is 11.3 Å². The SMILES string of the molecule is Cc1csc([C@@H](Cc2ccsc2)NC(=O)[C@H]2CCOC2)n1. The van der Waals surface area contributed by atoms with Crippen LogP contribution in [0.4, 0.5) is 0 Å². The number of thiophene rings is 1. The Morgan fingerprint density at radius 1 is 1.57 bits per heavy atom. The minimum atomic E-state index is -0.0496. The molecule has 1 amide bonds. The molecular weight excluding hydrogens is 304 g/mol. The maximum Gasteiger partial charge on any atom is 0.226 e. The highest BCUT2D eigenvalue weighted by Gasteiger charge is 2.27. The fourth-order valence-electron chi connectivity index (χ4n) is 2.41. The topological polar surface area (TPSA) is 51.2 Å². The maximum atomic E-state index is 12.4. The van der Waals surface area contributed by atoms with Crippen molar-refractivity contribution in [3.63, 3.8) is 0 Å². The number of nitrogens with zero attached hydrogens (tertiary/aromatic N) is 1. The molecule has 21 heavy (non-hydrogen) atoms. The van der Waals surface area contributed by atoms with Crippen molar-refractivity contribution in [2.75, 3.05) is 13.2 Å². The molecule has 112 valence electrons. The van der Waals surface area contributed by atoms with Gasteiger partial charge in [-0.3, -0.25) is 4.79 Å². The van der Waals surface area contributed by atoms with Crippen LogP contribution in [-0.4, -0.2) is 24.1 Å². The average Bonchev–Trinajstić information content (AvgIpc) is 3.20. The molecule has 0 spiro atoms. The summed E-state index contributed by atoms with van der Waals surface area (Å²) in [6.07, 6.45) is 1.60. The van der Waals surface area contributed by atoms with E-state index in [1.54, 1.807) is 22.7 Å². The molecule has 3 heterocycles. The summed E-state index contributed by atoms with van der Waals surface area (Å²) in [5.41, 5.74) is 2.24. The molecule has 2 atom stereocenters. The van der Waals surface area contributed by atoms with Crippen molar-refractivity contribution < 1.29 is 9.53 Å². The van der Waals surface area contributed by atoms with Crippen molar-refractivity contribution in [2.24, 2.45) is 5.92 Å². The molecule has 3 rings (SSSR count). The summed E-state index contributed by atoms with van der Waals surface area (Å²) in [6, 6.07) is 2.05. The third kappa shape index (κ3) is 3.70. The highest BCUT2D eigenvalue weighted by atomic mass is 32.1. The van der Waals surface area contributed by atoms with Crippen molar-refractivity contribution >= 4 is 28.6 Å². The molecule has 0 unspecified atom stereocenters. The van der Waals surface area contributed by atoms with Crippen LogP contribution in [0.25, 0.3) is 0 Å². The van der Waals surface area contributed by atoms with Crippen LogP contribution in [0.3, 0.4) is 0 Å². The summed E-state index contributed by atoms with van der Waals surface area (Å²) < 4.78 is 5.30. The molecule has 1 N–H and O–H groups in total. The summed E-state index contributed by atoms with van der Waals surface area (Å²) in [7, 11) is 0. The zero-order chi connectivity index (χ0) is 14.7. The minimum Gasteiger partial charge on any atom is -0.381 e. The molecule has 0 radical (unpaired) electrons. The van der Waals surface area contributed by atoms with E-state index in [2.05, 4.69) is 27.1 Å². The van der Waals surface area contributed by atoms with Crippen LogP contribution in [0.15, 0.2) is 22.2 Å². The highest BCUT2D eigenvalue weighted by Crippen LogP contribution is 2.24. The lowest BCUT2D eigenvalue weighted by atomic mass is 10.1. The van der Waals surface area contributed by atoms with E-state index in [0.717, 1.165) is 23.5 Å². The third-order valence-electron chi connectivity index (χ3n) is 3.57. The molecule has 0 bridgehead atoms. The van der Waals surface area contributed by atoms with E-state index >= 15 is 0 Å². The molecule has 0 saturated carbocycles. The van der Waals surface area contributed by atoms with Crippen molar-refractivity contribution in [2.45, 2.75) is 25.8 Å². The number of carbonyl (C=O) groups is 1.